The molecule has 0 aliphatic heterocycles. The van der Waals surface area contributed by atoms with Gasteiger partial charge in [-0.05, 0) is 33.6 Å². The molecule has 0 saturated heterocycles. The number of alkyl halides is 2. The van der Waals surface area contributed by atoms with E-state index in [0.29, 0.717) is 12.8 Å². The standard InChI is InChI=1S/C10H16F2O2/c1-10(2,3)14-9(13)7-5-4-6(7)8(11)12/h6-8H,4-5H2,1-3H3. The van der Waals surface area contributed by atoms with Crippen LogP contribution in [0.25, 0.3) is 0 Å². The second-order valence-electron chi connectivity index (χ2n) is 4.72. The van der Waals surface area contributed by atoms with Gasteiger partial charge in [-0.1, -0.05) is 0 Å². The highest BCUT2D eigenvalue weighted by Crippen LogP contribution is 2.40. The van der Waals surface area contributed by atoms with Gasteiger partial charge in [0.15, 0.2) is 0 Å². The maximum absolute atomic E-state index is 12.3. The molecule has 0 amide bonds. The van der Waals surface area contributed by atoms with E-state index in [9.17, 15) is 13.6 Å². The van der Waals surface area contributed by atoms with E-state index in [-0.39, 0.29) is 0 Å². The molecule has 1 aliphatic carbocycles. The molecule has 2 atom stereocenters. The van der Waals surface area contributed by atoms with Crippen molar-refractivity contribution in [2.75, 3.05) is 0 Å². The highest BCUT2D eigenvalue weighted by molar-refractivity contribution is 5.74. The Morgan fingerprint density at radius 3 is 2.21 bits per heavy atom. The quantitative estimate of drug-likeness (QED) is 0.649. The number of esters is 1. The van der Waals surface area contributed by atoms with E-state index in [1.807, 2.05) is 0 Å². The molecule has 1 fully saturated rings. The van der Waals surface area contributed by atoms with Crippen LogP contribution in [-0.2, 0) is 9.53 Å². The molecule has 0 heterocycles. The first kappa shape index (κ1) is 11.4. The Bertz CT molecular complexity index is 221. The molecule has 14 heavy (non-hydrogen) atoms. The molecule has 0 aromatic rings. The van der Waals surface area contributed by atoms with Crippen LogP contribution in [0.5, 0.6) is 0 Å². The van der Waals surface area contributed by atoms with Gasteiger partial charge in [-0.25, -0.2) is 8.78 Å². The fourth-order valence-corrected chi connectivity index (χ4v) is 1.50. The molecule has 0 aromatic carbocycles. The van der Waals surface area contributed by atoms with Crippen molar-refractivity contribution in [3.8, 4) is 0 Å². The second kappa shape index (κ2) is 3.83. The van der Waals surface area contributed by atoms with E-state index in [4.69, 9.17) is 4.74 Å². The minimum Gasteiger partial charge on any atom is -0.460 e. The van der Waals surface area contributed by atoms with E-state index in [0.717, 1.165) is 0 Å². The third-order valence-electron chi connectivity index (χ3n) is 2.36. The Morgan fingerprint density at radius 2 is 1.93 bits per heavy atom. The molecule has 0 spiro atoms. The molecule has 1 rings (SSSR count). The van der Waals surface area contributed by atoms with Gasteiger partial charge in [0.2, 0.25) is 6.43 Å². The fourth-order valence-electron chi connectivity index (χ4n) is 1.50. The van der Waals surface area contributed by atoms with Gasteiger partial charge in [0, 0.05) is 5.92 Å². The van der Waals surface area contributed by atoms with Gasteiger partial charge in [-0.3, -0.25) is 4.79 Å². The maximum atomic E-state index is 12.3. The van der Waals surface area contributed by atoms with Gasteiger partial charge < -0.3 is 4.74 Å². The number of hydrogen-bond donors (Lipinski definition) is 0. The van der Waals surface area contributed by atoms with E-state index in [1.165, 1.54) is 0 Å². The first-order valence-corrected chi connectivity index (χ1v) is 4.82. The largest absolute Gasteiger partial charge is 0.460 e. The van der Waals surface area contributed by atoms with Gasteiger partial charge in [-0.15, -0.1) is 0 Å². The van der Waals surface area contributed by atoms with Crippen molar-refractivity contribution in [1.82, 2.24) is 0 Å². The van der Waals surface area contributed by atoms with E-state index < -0.39 is 29.8 Å². The lowest BCUT2D eigenvalue weighted by Gasteiger charge is -2.35. The SMILES string of the molecule is CC(C)(C)OC(=O)C1CCC1C(F)F. The second-order valence-corrected chi connectivity index (χ2v) is 4.72. The highest BCUT2D eigenvalue weighted by atomic mass is 19.3. The minimum atomic E-state index is -2.40. The average Bonchev–Trinajstić information content (AvgIpc) is 1.75. The predicted molar refractivity (Wildman–Crippen MR) is 48.1 cm³/mol. The van der Waals surface area contributed by atoms with Crippen molar-refractivity contribution in [3.63, 3.8) is 0 Å². The number of carbonyl (C=O) groups is 1. The summed E-state index contributed by atoms with van der Waals surface area (Å²) in [5, 5.41) is 0. The zero-order valence-electron chi connectivity index (χ0n) is 8.72. The molecule has 2 nitrogen and oxygen atoms in total. The number of carbonyl (C=O) groups excluding carboxylic acids is 1. The summed E-state index contributed by atoms with van der Waals surface area (Å²) in [5.74, 6) is -1.85. The lowest BCUT2D eigenvalue weighted by atomic mass is 9.74. The number of rotatable bonds is 2. The van der Waals surface area contributed by atoms with Crippen molar-refractivity contribution in [3.05, 3.63) is 0 Å². The highest BCUT2D eigenvalue weighted by Gasteiger charge is 2.44. The zero-order chi connectivity index (χ0) is 10.9. The zero-order valence-corrected chi connectivity index (χ0v) is 8.72. The van der Waals surface area contributed by atoms with Crippen molar-refractivity contribution in [1.29, 1.82) is 0 Å². The molecule has 1 saturated carbocycles. The van der Waals surface area contributed by atoms with Crippen LogP contribution < -0.4 is 0 Å². The lowest BCUT2D eigenvalue weighted by Crippen LogP contribution is -2.41. The summed E-state index contributed by atoms with van der Waals surface area (Å²) < 4.78 is 29.7. The fraction of sp³-hybridized carbons (Fsp3) is 0.900. The Hall–Kier alpha value is -0.670. The smallest absolute Gasteiger partial charge is 0.309 e. The van der Waals surface area contributed by atoms with Crippen LogP contribution in [0.4, 0.5) is 8.78 Å². The summed E-state index contributed by atoms with van der Waals surface area (Å²) in [6.07, 6.45) is -1.44. The van der Waals surface area contributed by atoms with Crippen molar-refractivity contribution < 1.29 is 18.3 Å². The van der Waals surface area contributed by atoms with E-state index >= 15 is 0 Å². The van der Waals surface area contributed by atoms with Crippen LogP contribution in [0, 0.1) is 11.8 Å². The molecule has 4 heteroatoms. The lowest BCUT2D eigenvalue weighted by molar-refractivity contribution is -0.171. The van der Waals surface area contributed by atoms with Crippen molar-refractivity contribution in [2.24, 2.45) is 11.8 Å². The van der Waals surface area contributed by atoms with Gasteiger partial charge in [0.05, 0.1) is 5.92 Å². The van der Waals surface area contributed by atoms with Crippen LogP contribution in [0.15, 0.2) is 0 Å². The molecule has 0 N–H and O–H groups in total. The minimum absolute atomic E-state index is 0.432. The van der Waals surface area contributed by atoms with Crippen LogP contribution in [0.3, 0.4) is 0 Å². The summed E-state index contributed by atoms with van der Waals surface area (Å²) in [6.45, 7) is 5.21. The number of ether oxygens (including phenoxy) is 1. The van der Waals surface area contributed by atoms with Gasteiger partial charge in [0.1, 0.15) is 5.60 Å². The van der Waals surface area contributed by atoms with Crippen molar-refractivity contribution >= 4 is 5.97 Å². The first-order chi connectivity index (χ1) is 6.31. The topological polar surface area (TPSA) is 26.3 Å². The summed E-state index contributed by atoms with van der Waals surface area (Å²) in [4.78, 5) is 11.4. The molecule has 0 radical (unpaired) electrons. The van der Waals surface area contributed by atoms with Crippen LogP contribution >= 0.6 is 0 Å². The summed E-state index contributed by atoms with van der Waals surface area (Å²) in [6, 6.07) is 0. The summed E-state index contributed by atoms with van der Waals surface area (Å²) in [5.41, 5.74) is -0.584. The summed E-state index contributed by atoms with van der Waals surface area (Å²) >= 11 is 0. The normalized spacial score (nSPS) is 27.3. The van der Waals surface area contributed by atoms with E-state index in [2.05, 4.69) is 0 Å². The molecular formula is C10H16F2O2. The molecule has 2 unspecified atom stereocenters. The molecule has 0 aromatic heterocycles. The Morgan fingerprint density at radius 1 is 1.36 bits per heavy atom. The monoisotopic (exact) mass is 206 g/mol. The Labute approximate surface area is 82.6 Å². The van der Waals surface area contributed by atoms with Gasteiger partial charge >= 0.3 is 5.97 Å². The molecule has 82 valence electrons. The Kier molecular flexibility index (Phi) is 3.12. The average molecular weight is 206 g/mol. The molecule has 0 bridgehead atoms. The number of hydrogen-bond acceptors (Lipinski definition) is 2. The Balaban J connectivity index is 2.46. The van der Waals surface area contributed by atoms with Crippen LogP contribution in [0.1, 0.15) is 33.6 Å². The third-order valence-corrected chi connectivity index (χ3v) is 2.36. The first-order valence-electron chi connectivity index (χ1n) is 4.82. The number of halogens is 2. The predicted octanol–water partition coefficient (Wildman–Crippen LogP) is 2.62. The van der Waals surface area contributed by atoms with Crippen LogP contribution in [0.2, 0.25) is 0 Å². The van der Waals surface area contributed by atoms with Crippen LogP contribution in [-0.4, -0.2) is 18.0 Å². The third kappa shape index (κ3) is 2.66. The van der Waals surface area contributed by atoms with Gasteiger partial charge in [0.25, 0.3) is 0 Å². The van der Waals surface area contributed by atoms with Gasteiger partial charge in [-0.2, -0.15) is 0 Å². The molecule has 1 aliphatic rings. The summed E-state index contributed by atoms with van der Waals surface area (Å²) in [7, 11) is 0. The molecular weight excluding hydrogens is 190 g/mol. The van der Waals surface area contributed by atoms with E-state index in [1.54, 1.807) is 20.8 Å². The maximum Gasteiger partial charge on any atom is 0.309 e. The van der Waals surface area contributed by atoms with Crippen molar-refractivity contribution in [2.45, 2.75) is 45.6 Å².